The van der Waals surface area contributed by atoms with Crippen molar-refractivity contribution in [3.05, 3.63) is 24.3 Å². The molecule has 0 amide bonds. The van der Waals surface area contributed by atoms with Gasteiger partial charge in [-0.3, -0.25) is 9.59 Å². The molecule has 4 nitrogen and oxygen atoms in total. The van der Waals surface area contributed by atoms with Gasteiger partial charge in [-0.2, -0.15) is 0 Å². The van der Waals surface area contributed by atoms with Crippen molar-refractivity contribution in [1.29, 1.82) is 0 Å². The molecule has 0 radical (unpaired) electrons. The first-order chi connectivity index (χ1) is 6.45. The molecule has 4 heteroatoms. The van der Waals surface area contributed by atoms with Crippen molar-refractivity contribution in [3.8, 4) is 11.5 Å². The van der Waals surface area contributed by atoms with Crippen molar-refractivity contribution in [1.82, 2.24) is 0 Å². The Balaban J connectivity index is 0.000000255. The fourth-order valence-corrected chi connectivity index (χ4v) is 0.464. The van der Waals surface area contributed by atoms with E-state index in [-0.39, 0.29) is 23.1 Å². The first-order valence-corrected chi connectivity index (χ1v) is 3.93. The van der Waals surface area contributed by atoms with Gasteiger partial charge in [0.2, 0.25) is 0 Å². The summed E-state index contributed by atoms with van der Waals surface area (Å²) in [6.45, 7) is 2.50. The van der Waals surface area contributed by atoms with Crippen LogP contribution in [0, 0.1) is 0 Å². The van der Waals surface area contributed by atoms with E-state index in [0.29, 0.717) is 0 Å². The standard InChI is InChI=1S/C6H6O2.C4H6O2/c7-5-3-1-2-4-6(5)8;1-3(5)4(2)6/h1-4,7-8H;1-2H3. The monoisotopic (exact) mass is 196 g/mol. The largest absolute Gasteiger partial charge is 0.504 e. The SMILES string of the molecule is CC(=O)C(C)=O.Oc1ccccc1O. The average Bonchev–Trinajstić information content (AvgIpc) is 2.11. The van der Waals surface area contributed by atoms with Crippen LogP contribution in [0.25, 0.3) is 0 Å². The van der Waals surface area contributed by atoms with E-state index in [9.17, 15) is 9.59 Å². The van der Waals surface area contributed by atoms with Crippen LogP contribution in [0.4, 0.5) is 0 Å². The van der Waals surface area contributed by atoms with Gasteiger partial charge in [0.15, 0.2) is 23.1 Å². The first kappa shape index (κ1) is 12.2. The molecule has 0 heterocycles. The third-order valence-corrected chi connectivity index (χ3v) is 1.38. The maximum absolute atomic E-state index is 9.79. The fourth-order valence-electron chi connectivity index (χ4n) is 0.464. The van der Waals surface area contributed by atoms with Gasteiger partial charge in [-0.25, -0.2) is 0 Å². The second-order valence-corrected chi connectivity index (χ2v) is 2.60. The summed E-state index contributed by atoms with van der Waals surface area (Å²) in [5, 5.41) is 17.3. The Kier molecular flexibility index (Phi) is 4.99. The minimum Gasteiger partial charge on any atom is -0.504 e. The number of phenols is 2. The highest BCUT2D eigenvalue weighted by Gasteiger charge is 1.94. The molecule has 0 unspecified atom stereocenters. The van der Waals surface area contributed by atoms with Gasteiger partial charge in [-0.05, 0) is 12.1 Å². The Bertz CT molecular complexity index is 298. The molecule has 0 fully saturated rings. The van der Waals surface area contributed by atoms with Gasteiger partial charge in [0.05, 0.1) is 0 Å². The molecular weight excluding hydrogens is 184 g/mol. The van der Waals surface area contributed by atoms with E-state index in [2.05, 4.69) is 0 Å². The summed E-state index contributed by atoms with van der Waals surface area (Å²) < 4.78 is 0. The normalized spacial score (nSPS) is 8.43. The maximum Gasteiger partial charge on any atom is 0.195 e. The molecule has 0 bridgehead atoms. The van der Waals surface area contributed by atoms with E-state index in [1.807, 2.05) is 0 Å². The smallest absolute Gasteiger partial charge is 0.195 e. The predicted molar refractivity (Wildman–Crippen MR) is 51.1 cm³/mol. The molecule has 0 aliphatic rings. The Labute approximate surface area is 81.8 Å². The molecule has 1 aromatic rings. The lowest BCUT2D eigenvalue weighted by molar-refractivity contribution is -0.134. The van der Waals surface area contributed by atoms with E-state index in [0.717, 1.165) is 0 Å². The third kappa shape index (κ3) is 4.92. The zero-order valence-electron chi connectivity index (χ0n) is 8.02. The van der Waals surface area contributed by atoms with Gasteiger partial charge in [-0.1, -0.05) is 12.1 Å². The number of carbonyl (C=O) groups is 2. The minimum absolute atomic E-state index is 0.0764. The number of hydrogen-bond donors (Lipinski definition) is 2. The van der Waals surface area contributed by atoms with Crippen LogP contribution < -0.4 is 0 Å². The summed E-state index contributed by atoms with van der Waals surface area (Å²) in [4.78, 5) is 19.6. The molecule has 2 N–H and O–H groups in total. The summed E-state index contributed by atoms with van der Waals surface area (Å²) in [5.74, 6) is -0.912. The van der Waals surface area contributed by atoms with Crippen molar-refractivity contribution in [2.45, 2.75) is 13.8 Å². The van der Waals surface area contributed by atoms with Crippen LogP contribution in [0.5, 0.6) is 11.5 Å². The molecule has 0 saturated heterocycles. The Morgan fingerprint density at radius 3 is 1.36 bits per heavy atom. The van der Waals surface area contributed by atoms with Gasteiger partial charge in [0.25, 0.3) is 0 Å². The number of rotatable bonds is 1. The molecule has 0 atom stereocenters. The highest BCUT2D eigenvalue weighted by molar-refractivity contribution is 6.35. The van der Waals surface area contributed by atoms with Crippen LogP contribution in [-0.4, -0.2) is 21.8 Å². The van der Waals surface area contributed by atoms with Crippen molar-refractivity contribution in [3.63, 3.8) is 0 Å². The van der Waals surface area contributed by atoms with E-state index >= 15 is 0 Å². The van der Waals surface area contributed by atoms with E-state index in [1.165, 1.54) is 26.0 Å². The van der Waals surface area contributed by atoms with Gasteiger partial charge in [-0.15, -0.1) is 0 Å². The van der Waals surface area contributed by atoms with Gasteiger partial charge in [0, 0.05) is 13.8 Å². The summed E-state index contributed by atoms with van der Waals surface area (Å²) in [6.07, 6.45) is 0. The number of phenolic OH excluding ortho intramolecular Hbond substituents is 2. The molecule has 0 saturated carbocycles. The predicted octanol–water partition coefficient (Wildman–Crippen LogP) is 1.26. The molecule has 0 aliphatic carbocycles. The van der Waals surface area contributed by atoms with E-state index < -0.39 is 0 Å². The van der Waals surface area contributed by atoms with Crippen LogP contribution in [0.1, 0.15) is 13.8 Å². The number of para-hydroxylation sites is 2. The van der Waals surface area contributed by atoms with Crippen LogP contribution >= 0.6 is 0 Å². The van der Waals surface area contributed by atoms with Crippen molar-refractivity contribution < 1.29 is 19.8 Å². The van der Waals surface area contributed by atoms with Gasteiger partial charge < -0.3 is 10.2 Å². The Morgan fingerprint density at radius 2 is 1.21 bits per heavy atom. The van der Waals surface area contributed by atoms with Crippen LogP contribution in [0.2, 0.25) is 0 Å². The average molecular weight is 196 g/mol. The molecule has 0 aromatic heterocycles. The van der Waals surface area contributed by atoms with Gasteiger partial charge in [0.1, 0.15) is 0 Å². The third-order valence-electron chi connectivity index (χ3n) is 1.38. The Morgan fingerprint density at radius 1 is 0.929 bits per heavy atom. The van der Waals surface area contributed by atoms with E-state index in [4.69, 9.17) is 10.2 Å². The first-order valence-electron chi connectivity index (χ1n) is 3.93. The number of aromatic hydroxyl groups is 2. The van der Waals surface area contributed by atoms with Crippen LogP contribution in [0.15, 0.2) is 24.3 Å². The number of carbonyl (C=O) groups excluding carboxylic acids is 2. The molecule has 14 heavy (non-hydrogen) atoms. The molecule has 76 valence electrons. The lowest BCUT2D eigenvalue weighted by Gasteiger charge is -1.91. The number of ketones is 2. The topological polar surface area (TPSA) is 74.6 Å². The van der Waals surface area contributed by atoms with Crippen molar-refractivity contribution in [2.75, 3.05) is 0 Å². The number of Topliss-reactive ketones (excluding diaryl/α,β-unsaturated/α-hetero) is 2. The second kappa shape index (κ2) is 5.75. The molecule has 0 spiro atoms. The summed E-state index contributed by atoms with van der Waals surface area (Å²) >= 11 is 0. The van der Waals surface area contributed by atoms with E-state index in [1.54, 1.807) is 12.1 Å². The molecule has 0 aliphatic heterocycles. The number of hydrogen-bond acceptors (Lipinski definition) is 4. The summed E-state index contributed by atoms with van der Waals surface area (Å²) in [5.41, 5.74) is 0. The fraction of sp³-hybridized carbons (Fsp3) is 0.200. The molecule has 1 rings (SSSR count). The molecular formula is C10H12O4. The van der Waals surface area contributed by atoms with Crippen molar-refractivity contribution >= 4 is 11.6 Å². The second-order valence-electron chi connectivity index (χ2n) is 2.60. The quantitative estimate of drug-likeness (QED) is 0.523. The van der Waals surface area contributed by atoms with Crippen LogP contribution in [-0.2, 0) is 9.59 Å². The lowest BCUT2D eigenvalue weighted by Crippen LogP contribution is -2.01. The van der Waals surface area contributed by atoms with Crippen molar-refractivity contribution in [2.24, 2.45) is 0 Å². The van der Waals surface area contributed by atoms with Crippen LogP contribution in [0.3, 0.4) is 0 Å². The Hall–Kier alpha value is -1.84. The maximum atomic E-state index is 9.79. The zero-order valence-corrected chi connectivity index (χ0v) is 8.02. The zero-order chi connectivity index (χ0) is 11.1. The highest BCUT2D eigenvalue weighted by Crippen LogP contribution is 2.21. The lowest BCUT2D eigenvalue weighted by atomic mass is 10.3. The summed E-state index contributed by atoms with van der Waals surface area (Å²) in [6, 6.07) is 6.15. The summed E-state index contributed by atoms with van der Waals surface area (Å²) in [7, 11) is 0. The highest BCUT2D eigenvalue weighted by atomic mass is 16.3. The minimum atomic E-state index is -0.380. The number of benzene rings is 1. The van der Waals surface area contributed by atoms with Gasteiger partial charge >= 0.3 is 0 Å². The molecule has 1 aromatic carbocycles.